The van der Waals surface area contributed by atoms with Crippen molar-refractivity contribution < 1.29 is 9.59 Å². The van der Waals surface area contributed by atoms with Crippen LogP contribution in [0.4, 0.5) is 0 Å². The Kier molecular flexibility index (Phi) is 2.02. The highest BCUT2D eigenvalue weighted by molar-refractivity contribution is 7.36. The summed E-state index contributed by atoms with van der Waals surface area (Å²) >= 11 is 0. The van der Waals surface area contributed by atoms with Crippen LogP contribution in [0.1, 0.15) is 6.42 Å². The number of imide groups is 1. The van der Waals surface area contributed by atoms with Crippen molar-refractivity contribution in [2.45, 2.75) is 12.5 Å². The Labute approximate surface area is 60.6 Å². The Hall–Kier alpha value is -0.470. The Morgan fingerprint density at radius 3 is 2.50 bits per heavy atom. The van der Waals surface area contributed by atoms with Crippen molar-refractivity contribution in [3.8, 4) is 0 Å². The molecule has 0 bridgehead atoms. The predicted molar refractivity (Wildman–Crippen MR) is 38.7 cm³/mol. The maximum Gasteiger partial charge on any atom is 0.249 e. The molecule has 0 radical (unpaired) electrons. The second-order valence-electron chi connectivity index (χ2n) is 2.10. The third kappa shape index (κ3) is 1.04. The van der Waals surface area contributed by atoms with Crippen LogP contribution in [-0.4, -0.2) is 29.2 Å². The first-order valence-electron chi connectivity index (χ1n) is 2.96. The van der Waals surface area contributed by atoms with Gasteiger partial charge >= 0.3 is 0 Å². The van der Waals surface area contributed by atoms with Crippen molar-refractivity contribution in [3.63, 3.8) is 0 Å². The predicted octanol–water partition coefficient (Wildman–Crippen LogP) is -0.704. The van der Waals surface area contributed by atoms with Crippen LogP contribution >= 0.6 is 8.73 Å². The van der Waals surface area contributed by atoms with E-state index >= 15 is 0 Å². The first-order chi connectivity index (χ1) is 4.66. The Balaban J connectivity index is 2.74. The molecular weight excluding hydrogens is 151 g/mol. The van der Waals surface area contributed by atoms with Gasteiger partial charge in [0.15, 0.2) is 0 Å². The van der Waals surface area contributed by atoms with Gasteiger partial charge in [0.2, 0.25) is 11.8 Å². The monoisotopic (exact) mass is 160 g/mol. The second-order valence-corrected chi connectivity index (χ2v) is 3.00. The van der Waals surface area contributed by atoms with E-state index in [1.54, 1.807) is 6.66 Å². The van der Waals surface area contributed by atoms with Gasteiger partial charge in [-0.3, -0.25) is 14.3 Å². The molecule has 0 saturated carbocycles. The van der Waals surface area contributed by atoms with Crippen molar-refractivity contribution in [1.82, 2.24) is 4.67 Å². The SMILES string of the molecule is CPN1C(=O)CC(N)C1=O. The molecule has 0 aromatic carbocycles. The lowest BCUT2D eigenvalue weighted by atomic mass is 10.3. The van der Waals surface area contributed by atoms with Crippen molar-refractivity contribution >= 4 is 20.5 Å². The minimum absolute atomic E-state index is 0.140. The van der Waals surface area contributed by atoms with Gasteiger partial charge in [-0.25, -0.2) is 0 Å². The summed E-state index contributed by atoms with van der Waals surface area (Å²) in [5.41, 5.74) is 5.33. The fraction of sp³-hybridized carbons (Fsp3) is 0.600. The van der Waals surface area contributed by atoms with Crippen molar-refractivity contribution in [2.24, 2.45) is 5.73 Å². The maximum absolute atomic E-state index is 10.9. The fourth-order valence-corrected chi connectivity index (χ4v) is 1.62. The summed E-state index contributed by atoms with van der Waals surface area (Å²) < 4.78 is 1.21. The van der Waals surface area contributed by atoms with Crippen LogP contribution in [0.3, 0.4) is 0 Å². The molecule has 2 unspecified atom stereocenters. The fourth-order valence-electron chi connectivity index (χ4n) is 0.890. The minimum Gasteiger partial charge on any atom is -0.319 e. The third-order valence-electron chi connectivity index (χ3n) is 1.41. The van der Waals surface area contributed by atoms with Gasteiger partial charge in [0.25, 0.3) is 0 Å². The molecule has 2 amide bonds. The molecule has 0 aromatic heterocycles. The van der Waals surface area contributed by atoms with E-state index in [0.29, 0.717) is 0 Å². The van der Waals surface area contributed by atoms with Crippen LogP contribution < -0.4 is 5.73 Å². The van der Waals surface area contributed by atoms with E-state index in [1.807, 2.05) is 0 Å². The van der Waals surface area contributed by atoms with Crippen molar-refractivity contribution in [1.29, 1.82) is 0 Å². The molecular formula is C5H9N2O2P. The molecule has 1 fully saturated rings. The summed E-state index contributed by atoms with van der Waals surface area (Å²) in [4.78, 5) is 21.8. The summed E-state index contributed by atoms with van der Waals surface area (Å²) in [5.74, 6) is -0.371. The van der Waals surface area contributed by atoms with E-state index < -0.39 is 6.04 Å². The normalized spacial score (nSPS) is 27.4. The number of hydrogen-bond acceptors (Lipinski definition) is 3. The lowest BCUT2D eigenvalue weighted by Gasteiger charge is -2.08. The van der Waals surface area contributed by atoms with Gasteiger partial charge in [-0.1, -0.05) is 0 Å². The number of hydrogen-bond donors (Lipinski definition) is 1. The molecule has 1 saturated heterocycles. The highest BCUT2D eigenvalue weighted by Crippen LogP contribution is 2.22. The largest absolute Gasteiger partial charge is 0.319 e. The molecule has 1 aliphatic rings. The van der Waals surface area contributed by atoms with E-state index in [0.717, 1.165) is 0 Å². The van der Waals surface area contributed by atoms with Crippen LogP contribution in [0, 0.1) is 0 Å². The topological polar surface area (TPSA) is 63.4 Å². The molecule has 56 valence electrons. The first-order valence-corrected chi connectivity index (χ1v) is 4.41. The van der Waals surface area contributed by atoms with Crippen molar-refractivity contribution in [2.75, 3.05) is 6.66 Å². The van der Waals surface area contributed by atoms with Crippen LogP contribution in [0.15, 0.2) is 0 Å². The Bertz CT molecular complexity index is 182. The lowest BCUT2D eigenvalue weighted by molar-refractivity contribution is -0.132. The third-order valence-corrected chi connectivity index (χ3v) is 2.32. The number of carbonyl (C=O) groups is 2. The molecule has 4 nitrogen and oxygen atoms in total. The number of nitrogens with zero attached hydrogens (tertiary/aromatic N) is 1. The van der Waals surface area contributed by atoms with Gasteiger partial charge in [-0.2, -0.15) is 0 Å². The van der Waals surface area contributed by atoms with Gasteiger partial charge in [0.1, 0.15) is 0 Å². The maximum atomic E-state index is 10.9. The molecule has 1 heterocycles. The van der Waals surface area contributed by atoms with E-state index in [-0.39, 0.29) is 27.0 Å². The second kappa shape index (κ2) is 2.64. The molecule has 10 heavy (non-hydrogen) atoms. The van der Waals surface area contributed by atoms with Crippen LogP contribution in [0.2, 0.25) is 0 Å². The van der Waals surface area contributed by atoms with Crippen molar-refractivity contribution in [3.05, 3.63) is 0 Å². The Morgan fingerprint density at radius 2 is 2.30 bits per heavy atom. The lowest BCUT2D eigenvalue weighted by Crippen LogP contribution is -2.30. The summed E-state index contributed by atoms with van der Waals surface area (Å²) in [6, 6.07) is -0.583. The zero-order valence-electron chi connectivity index (χ0n) is 5.63. The van der Waals surface area contributed by atoms with E-state index in [1.165, 1.54) is 4.67 Å². The molecule has 1 rings (SSSR count). The smallest absolute Gasteiger partial charge is 0.249 e. The van der Waals surface area contributed by atoms with Crippen LogP contribution in [0.5, 0.6) is 0 Å². The summed E-state index contributed by atoms with van der Waals surface area (Å²) in [5, 5.41) is 0. The van der Waals surface area contributed by atoms with Gasteiger partial charge < -0.3 is 5.73 Å². The molecule has 1 aliphatic heterocycles. The minimum atomic E-state index is -0.583. The van der Waals surface area contributed by atoms with Gasteiger partial charge in [-0.15, -0.1) is 0 Å². The highest BCUT2D eigenvalue weighted by Gasteiger charge is 2.34. The number of nitrogens with two attached hydrogens (primary N) is 1. The molecule has 0 aromatic rings. The molecule has 0 aliphatic carbocycles. The first kappa shape index (κ1) is 7.63. The van der Waals surface area contributed by atoms with E-state index in [4.69, 9.17) is 5.73 Å². The number of carbonyl (C=O) groups excluding carboxylic acids is 2. The van der Waals surface area contributed by atoms with E-state index in [2.05, 4.69) is 0 Å². The van der Waals surface area contributed by atoms with Crippen LogP contribution in [0.25, 0.3) is 0 Å². The Morgan fingerprint density at radius 1 is 1.70 bits per heavy atom. The highest BCUT2D eigenvalue weighted by atomic mass is 31.1. The quantitative estimate of drug-likeness (QED) is 0.407. The number of rotatable bonds is 1. The standard InChI is InChI=1S/C5H9N2O2P/c1-10-7-4(8)2-3(6)5(7)9/h3,10H,2,6H2,1H3. The molecule has 0 spiro atoms. The zero-order chi connectivity index (χ0) is 7.72. The van der Waals surface area contributed by atoms with E-state index in [9.17, 15) is 9.59 Å². The summed E-state index contributed by atoms with van der Waals surface area (Å²) in [6.45, 7) is 1.79. The number of amides is 2. The van der Waals surface area contributed by atoms with Crippen LogP contribution in [-0.2, 0) is 9.59 Å². The summed E-state index contributed by atoms with van der Waals surface area (Å²) in [6.07, 6.45) is 0.180. The molecule has 5 heteroatoms. The average molecular weight is 160 g/mol. The van der Waals surface area contributed by atoms with Gasteiger partial charge in [-0.05, 0) is 15.4 Å². The van der Waals surface area contributed by atoms with Gasteiger partial charge in [0, 0.05) is 0 Å². The zero-order valence-corrected chi connectivity index (χ0v) is 6.63. The molecule has 2 N–H and O–H groups in total. The van der Waals surface area contributed by atoms with Gasteiger partial charge in [0.05, 0.1) is 12.5 Å². The molecule has 2 atom stereocenters. The average Bonchev–Trinajstić information content (AvgIpc) is 2.09. The summed E-state index contributed by atoms with van der Waals surface area (Å²) in [7, 11) is 0.212.